The second-order valence-electron chi connectivity index (χ2n) is 6.20. The van der Waals surface area contributed by atoms with Crippen LogP contribution in [0.3, 0.4) is 0 Å². The van der Waals surface area contributed by atoms with Crippen LogP contribution in [-0.2, 0) is 10.3 Å². The van der Waals surface area contributed by atoms with Crippen molar-refractivity contribution >= 4 is 17.3 Å². The monoisotopic (exact) mass is 331 g/mol. The SMILES string of the molecule is O=C1OC2(c3ccc(O)cc3Nc3cc(O)ccc32)c2ccccc21. The van der Waals surface area contributed by atoms with Crippen LogP contribution in [0.15, 0.2) is 60.7 Å². The quantitative estimate of drug-likeness (QED) is 0.548. The zero-order chi connectivity index (χ0) is 17.2. The molecule has 0 saturated heterocycles. The van der Waals surface area contributed by atoms with Gasteiger partial charge in [0.25, 0.3) is 0 Å². The summed E-state index contributed by atoms with van der Waals surface area (Å²) in [5, 5.41) is 23.0. The van der Waals surface area contributed by atoms with E-state index < -0.39 is 11.6 Å². The Hall–Kier alpha value is -3.47. The first-order valence-electron chi connectivity index (χ1n) is 7.86. The van der Waals surface area contributed by atoms with Gasteiger partial charge in [-0.15, -0.1) is 0 Å². The lowest BCUT2D eigenvalue weighted by atomic mass is 9.76. The molecule has 5 nitrogen and oxygen atoms in total. The third kappa shape index (κ3) is 1.69. The summed E-state index contributed by atoms with van der Waals surface area (Å²) >= 11 is 0. The summed E-state index contributed by atoms with van der Waals surface area (Å²) in [6, 6.07) is 17.1. The molecule has 3 N–H and O–H groups in total. The summed E-state index contributed by atoms with van der Waals surface area (Å²) < 4.78 is 5.95. The van der Waals surface area contributed by atoms with Gasteiger partial charge in [0.1, 0.15) is 11.5 Å². The number of esters is 1. The van der Waals surface area contributed by atoms with Gasteiger partial charge in [-0.05, 0) is 30.3 Å². The summed E-state index contributed by atoms with van der Waals surface area (Å²) in [4.78, 5) is 12.6. The van der Waals surface area contributed by atoms with Gasteiger partial charge in [-0.25, -0.2) is 4.79 Å². The van der Waals surface area contributed by atoms with Crippen LogP contribution in [0.4, 0.5) is 11.4 Å². The Labute approximate surface area is 143 Å². The Kier molecular flexibility index (Phi) is 2.53. The average molecular weight is 331 g/mol. The number of carbonyl (C=O) groups excluding carboxylic acids is 1. The van der Waals surface area contributed by atoms with Crippen LogP contribution in [-0.4, -0.2) is 16.2 Å². The van der Waals surface area contributed by atoms with Crippen LogP contribution >= 0.6 is 0 Å². The van der Waals surface area contributed by atoms with Crippen LogP contribution in [0.25, 0.3) is 0 Å². The van der Waals surface area contributed by atoms with Crippen molar-refractivity contribution in [3.05, 3.63) is 82.9 Å². The van der Waals surface area contributed by atoms with Crippen LogP contribution in [0.2, 0.25) is 0 Å². The lowest BCUT2D eigenvalue weighted by Crippen LogP contribution is -2.34. The fraction of sp³-hybridized carbons (Fsp3) is 0.0500. The van der Waals surface area contributed by atoms with Gasteiger partial charge in [-0.3, -0.25) is 0 Å². The zero-order valence-electron chi connectivity index (χ0n) is 13.0. The van der Waals surface area contributed by atoms with Crippen LogP contribution < -0.4 is 5.32 Å². The van der Waals surface area contributed by atoms with Crippen molar-refractivity contribution in [3.63, 3.8) is 0 Å². The number of ether oxygens (including phenoxy) is 1. The third-order valence-electron chi connectivity index (χ3n) is 4.81. The van der Waals surface area contributed by atoms with E-state index in [9.17, 15) is 15.0 Å². The summed E-state index contributed by atoms with van der Waals surface area (Å²) in [5.74, 6) is -0.194. The van der Waals surface area contributed by atoms with Gasteiger partial charge < -0.3 is 20.3 Å². The van der Waals surface area contributed by atoms with Crippen molar-refractivity contribution in [2.24, 2.45) is 0 Å². The van der Waals surface area contributed by atoms with E-state index >= 15 is 0 Å². The van der Waals surface area contributed by atoms with E-state index in [-0.39, 0.29) is 11.5 Å². The van der Waals surface area contributed by atoms with Gasteiger partial charge in [0.15, 0.2) is 5.60 Å². The number of fused-ring (bicyclic) bond motifs is 6. The van der Waals surface area contributed by atoms with Crippen molar-refractivity contribution < 1.29 is 19.7 Å². The molecular formula is C20H13NO4. The first-order chi connectivity index (χ1) is 12.1. The number of rotatable bonds is 0. The Morgan fingerprint density at radius 2 is 1.40 bits per heavy atom. The molecule has 3 aromatic rings. The summed E-state index contributed by atoms with van der Waals surface area (Å²) in [6.07, 6.45) is 0. The van der Waals surface area contributed by atoms with Gasteiger partial charge >= 0.3 is 5.97 Å². The first kappa shape index (κ1) is 13.9. The molecule has 0 bridgehead atoms. The van der Waals surface area contributed by atoms with E-state index in [1.807, 2.05) is 12.1 Å². The largest absolute Gasteiger partial charge is 0.508 e. The number of hydrogen-bond acceptors (Lipinski definition) is 5. The summed E-state index contributed by atoms with van der Waals surface area (Å²) in [5.41, 5.74) is 2.89. The highest BCUT2D eigenvalue weighted by molar-refractivity contribution is 5.98. The molecule has 2 aliphatic heterocycles. The fourth-order valence-corrected chi connectivity index (χ4v) is 3.79. The molecule has 0 aromatic heterocycles. The van der Waals surface area contributed by atoms with Crippen molar-refractivity contribution in [1.29, 1.82) is 0 Å². The number of hydrogen-bond donors (Lipinski definition) is 3. The van der Waals surface area contributed by atoms with Crippen molar-refractivity contribution in [1.82, 2.24) is 0 Å². The summed E-state index contributed by atoms with van der Waals surface area (Å²) in [7, 11) is 0. The van der Waals surface area contributed by atoms with Crippen molar-refractivity contribution in [3.8, 4) is 11.5 Å². The van der Waals surface area contributed by atoms with Gasteiger partial charge in [0, 0.05) is 28.8 Å². The highest BCUT2D eigenvalue weighted by Gasteiger charge is 2.52. The third-order valence-corrected chi connectivity index (χ3v) is 4.81. The molecule has 0 radical (unpaired) electrons. The highest BCUT2D eigenvalue weighted by atomic mass is 16.6. The Balaban J connectivity index is 1.91. The molecule has 0 amide bonds. The van der Waals surface area contributed by atoms with E-state index in [2.05, 4.69) is 5.32 Å². The van der Waals surface area contributed by atoms with Crippen molar-refractivity contribution in [2.45, 2.75) is 5.60 Å². The average Bonchev–Trinajstić information content (AvgIpc) is 2.88. The highest BCUT2D eigenvalue weighted by Crippen LogP contribution is 2.55. The van der Waals surface area contributed by atoms with Crippen LogP contribution in [0.5, 0.6) is 11.5 Å². The Bertz CT molecular complexity index is 1010. The Morgan fingerprint density at radius 3 is 2.04 bits per heavy atom. The molecule has 3 aromatic carbocycles. The topological polar surface area (TPSA) is 78.8 Å². The molecule has 5 heteroatoms. The van der Waals surface area contributed by atoms with E-state index in [1.165, 1.54) is 0 Å². The maximum atomic E-state index is 12.6. The zero-order valence-corrected chi connectivity index (χ0v) is 13.0. The smallest absolute Gasteiger partial charge is 0.340 e. The molecule has 0 aliphatic carbocycles. The second-order valence-corrected chi connectivity index (χ2v) is 6.20. The number of phenolic OH excluding ortho intramolecular Hbond substituents is 2. The van der Waals surface area contributed by atoms with E-state index in [0.717, 1.165) is 16.7 Å². The van der Waals surface area contributed by atoms with Crippen LogP contribution in [0.1, 0.15) is 27.0 Å². The number of benzene rings is 3. The Morgan fingerprint density at radius 1 is 0.800 bits per heavy atom. The maximum absolute atomic E-state index is 12.6. The van der Waals surface area contributed by atoms with Crippen LogP contribution in [0, 0.1) is 0 Å². The summed E-state index contributed by atoms with van der Waals surface area (Å²) in [6.45, 7) is 0. The first-order valence-corrected chi connectivity index (χ1v) is 7.86. The predicted octanol–water partition coefficient (Wildman–Crippen LogP) is 3.62. The predicted molar refractivity (Wildman–Crippen MR) is 91.2 cm³/mol. The number of phenols is 2. The minimum atomic E-state index is -1.11. The molecule has 1 spiro atoms. The number of aromatic hydroxyl groups is 2. The molecule has 0 unspecified atom stereocenters. The fourth-order valence-electron chi connectivity index (χ4n) is 3.79. The van der Waals surface area contributed by atoms with Gasteiger partial charge in [-0.2, -0.15) is 0 Å². The van der Waals surface area contributed by atoms with Crippen molar-refractivity contribution in [2.75, 3.05) is 5.32 Å². The molecular weight excluding hydrogens is 318 g/mol. The van der Waals surface area contributed by atoms with E-state index in [4.69, 9.17) is 4.74 Å². The standard InChI is InChI=1S/C20H13NO4/c22-11-5-7-15-17(9-11)21-18-10-12(23)6-8-16(18)20(15)14-4-2-1-3-13(14)19(24)25-20/h1-10,21-23H. The molecule has 5 rings (SSSR count). The van der Waals surface area contributed by atoms with Gasteiger partial charge in [0.2, 0.25) is 0 Å². The minimum absolute atomic E-state index is 0.0996. The normalized spacial score (nSPS) is 15.8. The molecule has 122 valence electrons. The molecule has 0 fully saturated rings. The molecule has 25 heavy (non-hydrogen) atoms. The minimum Gasteiger partial charge on any atom is -0.508 e. The van der Waals surface area contributed by atoms with E-state index in [0.29, 0.717) is 16.9 Å². The molecule has 0 atom stereocenters. The van der Waals surface area contributed by atoms with Gasteiger partial charge in [-0.1, -0.05) is 18.2 Å². The number of carbonyl (C=O) groups is 1. The molecule has 2 aliphatic rings. The lowest BCUT2D eigenvalue weighted by molar-refractivity contribution is 0.0252. The molecule has 0 saturated carbocycles. The number of nitrogens with one attached hydrogen (secondary N) is 1. The van der Waals surface area contributed by atoms with Gasteiger partial charge in [0.05, 0.1) is 16.9 Å². The molecule has 2 heterocycles. The maximum Gasteiger partial charge on any atom is 0.340 e. The lowest BCUT2D eigenvalue weighted by Gasteiger charge is -2.37. The second kappa shape index (κ2) is 4.54. The number of anilines is 2. The van der Waals surface area contributed by atoms with E-state index in [1.54, 1.807) is 48.5 Å².